The van der Waals surface area contributed by atoms with E-state index >= 15 is 0 Å². The highest BCUT2D eigenvalue weighted by atomic mass is 79.9. The first-order valence-corrected chi connectivity index (χ1v) is 7.29. The minimum atomic E-state index is -0.793. The summed E-state index contributed by atoms with van der Waals surface area (Å²) in [5, 5.41) is 8.95. The first kappa shape index (κ1) is 13.7. The zero-order chi connectivity index (χ0) is 13.3. The van der Waals surface area contributed by atoms with Gasteiger partial charge in [0.15, 0.2) is 5.78 Å². The molecule has 1 aromatic carbocycles. The average molecular weight is 376 g/mol. The van der Waals surface area contributed by atoms with E-state index in [0.717, 1.165) is 8.95 Å². The van der Waals surface area contributed by atoms with Crippen LogP contribution in [0.25, 0.3) is 0 Å². The lowest BCUT2D eigenvalue weighted by molar-refractivity contribution is -0.141. The van der Waals surface area contributed by atoms with Gasteiger partial charge in [-0.3, -0.25) is 9.59 Å². The third-order valence-electron chi connectivity index (χ3n) is 3.35. The van der Waals surface area contributed by atoms with Gasteiger partial charge in [-0.25, -0.2) is 0 Å². The van der Waals surface area contributed by atoms with Crippen LogP contribution in [-0.2, 0) is 4.79 Å². The van der Waals surface area contributed by atoms with E-state index in [2.05, 4.69) is 31.9 Å². The van der Waals surface area contributed by atoms with Crippen LogP contribution in [0, 0.1) is 11.8 Å². The van der Waals surface area contributed by atoms with E-state index in [4.69, 9.17) is 5.11 Å². The average Bonchev–Trinajstić information content (AvgIpc) is 2.81. The summed E-state index contributed by atoms with van der Waals surface area (Å²) >= 11 is 6.71. The van der Waals surface area contributed by atoms with Crippen molar-refractivity contribution in [3.63, 3.8) is 0 Å². The number of carbonyl (C=O) groups excluding carboxylic acids is 1. The molecular weight excluding hydrogens is 364 g/mol. The van der Waals surface area contributed by atoms with E-state index in [9.17, 15) is 9.59 Å². The number of carbonyl (C=O) groups is 2. The first-order valence-electron chi connectivity index (χ1n) is 5.71. The lowest BCUT2D eigenvalue weighted by Crippen LogP contribution is -2.15. The van der Waals surface area contributed by atoms with Crippen molar-refractivity contribution in [2.45, 2.75) is 19.3 Å². The number of hydrogen-bond acceptors (Lipinski definition) is 2. The Hall–Kier alpha value is -0.680. The molecule has 3 nitrogen and oxygen atoms in total. The molecule has 1 aliphatic carbocycles. The fraction of sp³-hybridized carbons (Fsp3) is 0.385. The Morgan fingerprint density at radius 2 is 1.83 bits per heavy atom. The molecule has 2 unspecified atom stereocenters. The second kappa shape index (κ2) is 5.53. The zero-order valence-corrected chi connectivity index (χ0v) is 12.7. The summed E-state index contributed by atoms with van der Waals surface area (Å²) in [6.07, 6.45) is 1.71. The van der Waals surface area contributed by atoms with Crippen LogP contribution in [0.5, 0.6) is 0 Å². The maximum Gasteiger partial charge on any atom is 0.306 e. The quantitative estimate of drug-likeness (QED) is 0.815. The van der Waals surface area contributed by atoms with Gasteiger partial charge < -0.3 is 5.11 Å². The molecule has 0 aromatic heterocycles. The van der Waals surface area contributed by atoms with Crippen LogP contribution in [0.2, 0.25) is 0 Å². The van der Waals surface area contributed by atoms with Crippen LogP contribution in [0.4, 0.5) is 0 Å². The highest BCUT2D eigenvalue weighted by Gasteiger charge is 2.34. The Morgan fingerprint density at radius 3 is 2.44 bits per heavy atom. The van der Waals surface area contributed by atoms with E-state index in [0.29, 0.717) is 24.8 Å². The standard InChI is InChI=1S/C13H12Br2O3/c14-9-3-4-11(15)10(6-9)12(16)7-1-2-8(5-7)13(17)18/h3-4,6-8H,1-2,5H2,(H,17,18). The number of benzene rings is 1. The molecule has 1 aromatic rings. The van der Waals surface area contributed by atoms with Crippen LogP contribution in [-0.4, -0.2) is 16.9 Å². The van der Waals surface area contributed by atoms with Gasteiger partial charge in [0.25, 0.3) is 0 Å². The molecule has 18 heavy (non-hydrogen) atoms. The highest BCUT2D eigenvalue weighted by Crippen LogP contribution is 2.35. The number of hydrogen-bond donors (Lipinski definition) is 1. The largest absolute Gasteiger partial charge is 0.481 e. The van der Waals surface area contributed by atoms with Gasteiger partial charge in [0.2, 0.25) is 0 Å². The maximum atomic E-state index is 12.3. The summed E-state index contributed by atoms with van der Waals surface area (Å²) in [6.45, 7) is 0. The normalized spacial score (nSPS) is 23.0. The molecule has 96 valence electrons. The summed E-state index contributed by atoms with van der Waals surface area (Å²) in [5.74, 6) is -1.30. The molecule has 1 saturated carbocycles. The van der Waals surface area contributed by atoms with Crippen LogP contribution in [0.1, 0.15) is 29.6 Å². The third-order valence-corrected chi connectivity index (χ3v) is 4.53. The smallest absolute Gasteiger partial charge is 0.306 e. The molecule has 1 fully saturated rings. The molecule has 0 saturated heterocycles. The topological polar surface area (TPSA) is 54.4 Å². The Kier molecular flexibility index (Phi) is 4.22. The van der Waals surface area contributed by atoms with E-state index in [-0.39, 0.29) is 17.6 Å². The fourth-order valence-electron chi connectivity index (χ4n) is 2.35. The van der Waals surface area contributed by atoms with E-state index < -0.39 is 5.97 Å². The molecule has 0 spiro atoms. The van der Waals surface area contributed by atoms with Crippen molar-refractivity contribution in [2.24, 2.45) is 11.8 Å². The third kappa shape index (κ3) is 2.83. The summed E-state index contributed by atoms with van der Waals surface area (Å²) in [7, 11) is 0. The predicted molar refractivity (Wildman–Crippen MR) is 74.6 cm³/mol. The van der Waals surface area contributed by atoms with Gasteiger partial charge in [-0.05, 0) is 37.5 Å². The number of Topliss-reactive ketones (excluding diaryl/α,β-unsaturated/α-hetero) is 1. The number of ketones is 1. The summed E-state index contributed by atoms with van der Waals surface area (Å²) in [5.41, 5.74) is 0.625. The molecule has 0 aliphatic heterocycles. The summed E-state index contributed by atoms with van der Waals surface area (Å²) < 4.78 is 1.61. The van der Waals surface area contributed by atoms with Crippen molar-refractivity contribution >= 4 is 43.6 Å². The van der Waals surface area contributed by atoms with Crippen LogP contribution in [0.3, 0.4) is 0 Å². The Balaban J connectivity index is 2.17. The lowest BCUT2D eigenvalue weighted by atomic mass is 9.95. The second-order valence-corrected chi connectivity index (χ2v) is 6.30. The van der Waals surface area contributed by atoms with Crippen molar-refractivity contribution in [1.29, 1.82) is 0 Å². The molecule has 2 rings (SSSR count). The van der Waals surface area contributed by atoms with E-state index in [1.54, 1.807) is 6.07 Å². The van der Waals surface area contributed by atoms with Gasteiger partial charge in [-0.1, -0.05) is 31.9 Å². The minimum Gasteiger partial charge on any atom is -0.481 e. The molecule has 1 aliphatic rings. The maximum absolute atomic E-state index is 12.3. The number of aliphatic carboxylic acids is 1. The zero-order valence-electron chi connectivity index (χ0n) is 9.53. The number of carboxylic acids is 1. The summed E-state index contributed by atoms with van der Waals surface area (Å²) in [6, 6.07) is 5.46. The molecule has 0 radical (unpaired) electrons. The van der Waals surface area contributed by atoms with Crippen LogP contribution < -0.4 is 0 Å². The van der Waals surface area contributed by atoms with Crippen molar-refractivity contribution in [3.8, 4) is 0 Å². The van der Waals surface area contributed by atoms with Gasteiger partial charge in [-0.2, -0.15) is 0 Å². The number of halogens is 2. The fourth-order valence-corrected chi connectivity index (χ4v) is 3.15. The lowest BCUT2D eigenvalue weighted by Gasteiger charge is -2.10. The predicted octanol–water partition coefficient (Wildman–Crippen LogP) is 3.90. The first-order chi connectivity index (χ1) is 8.49. The number of carboxylic acid groups (broad SMARTS) is 1. The van der Waals surface area contributed by atoms with Crippen molar-refractivity contribution in [3.05, 3.63) is 32.7 Å². The monoisotopic (exact) mass is 374 g/mol. The molecule has 0 amide bonds. The molecule has 0 bridgehead atoms. The van der Waals surface area contributed by atoms with Crippen molar-refractivity contribution in [1.82, 2.24) is 0 Å². The summed E-state index contributed by atoms with van der Waals surface area (Å²) in [4.78, 5) is 23.2. The molecule has 2 atom stereocenters. The van der Waals surface area contributed by atoms with Crippen molar-refractivity contribution in [2.75, 3.05) is 0 Å². The van der Waals surface area contributed by atoms with Gasteiger partial charge in [0.1, 0.15) is 0 Å². The van der Waals surface area contributed by atoms with E-state index in [1.165, 1.54) is 0 Å². The Labute approximate surface area is 122 Å². The SMILES string of the molecule is O=C(O)C1CCC(C(=O)c2cc(Br)ccc2Br)C1. The molecule has 1 N–H and O–H groups in total. The Morgan fingerprint density at radius 1 is 1.17 bits per heavy atom. The molecular formula is C13H12Br2O3. The second-order valence-electron chi connectivity index (χ2n) is 4.53. The minimum absolute atomic E-state index is 0.0342. The van der Waals surface area contributed by atoms with Gasteiger partial charge in [0.05, 0.1) is 5.92 Å². The Bertz CT molecular complexity index is 499. The number of rotatable bonds is 3. The van der Waals surface area contributed by atoms with Gasteiger partial charge >= 0.3 is 5.97 Å². The molecule has 0 heterocycles. The van der Waals surface area contributed by atoms with Gasteiger partial charge in [0, 0.05) is 20.4 Å². The highest BCUT2D eigenvalue weighted by molar-refractivity contribution is 9.11. The van der Waals surface area contributed by atoms with E-state index in [1.807, 2.05) is 12.1 Å². The van der Waals surface area contributed by atoms with Crippen LogP contribution >= 0.6 is 31.9 Å². The van der Waals surface area contributed by atoms with Crippen molar-refractivity contribution < 1.29 is 14.7 Å². The molecule has 5 heteroatoms. The van der Waals surface area contributed by atoms with Gasteiger partial charge in [-0.15, -0.1) is 0 Å². The van der Waals surface area contributed by atoms with Crippen LogP contribution in [0.15, 0.2) is 27.1 Å².